The average Bonchev–Trinajstić information content (AvgIpc) is 3.73. The molecule has 2 aliphatic rings. The van der Waals surface area contributed by atoms with E-state index in [1.807, 2.05) is 0 Å². The molecule has 2 saturated carbocycles. The molecule has 0 aliphatic heterocycles. The van der Waals surface area contributed by atoms with Gasteiger partial charge in [-0.15, -0.1) is 0 Å². The Bertz CT molecular complexity index is 1870. The van der Waals surface area contributed by atoms with Gasteiger partial charge in [-0.2, -0.15) is 13.2 Å². The summed E-state index contributed by atoms with van der Waals surface area (Å²) in [6, 6.07) is 10.2. The van der Waals surface area contributed by atoms with Gasteiger partial charge < -0.3 is 20.7 Å². The van der Waals surface area contributed by atoms with E-state index >= 15 is 4.39 Å². The Morgan fingerprint density at radius 3 is 2.31 bits per heavy atom. The Labute approximate surface area is 282 Å². The maximum absolute atomic E-state index is 15.0. The summed E-state index contributed by atoms with van der Waals surface area (Å²) in [6.07, 6.45) is 1.73. The number of nitrogens with zero attached hydrogens (tertiary/aromatic N) is 1. The molecule has 8 nitrogen and oxygen atoms in total. The van der Waals surface area contributed by atoms with Gasteiger partial charge in [0.2, 0.25) is 17.7 Å². The SMILES string of the molecule is O=C(Cc1cccc(C(F)(F)F)c1)Nc1cc(Oc2cc3sc(NC(=O)C4CCC(NC(=O)C5CCCC5)CC4)nc3cc2F)ccc1F. The molecule has 3 amide bonds. The maximum Gasteiger partial charge on any atom is 0.416 e. The number of amides is 3. The second kappa shape index (κ2) is 14.5. The van der Waals surface area contributed by atoms with Gasteiger partial charge >= 0.3 is 6.18 Å². The minimum Gasteiger partial charge on any atom is -0.454 e. The number of fused-ring (bicyclic) bond motifs is 1. The van der Waals surface area contributed by atoms with Gasteiger partial charge in [0, 0.05) is 36.1 Å². The van der Waals surface area contributed by atoms with Crippen molar-refractivity contribution in [2.75, 3.05) is 10.6 Å². The van der Waals surface area contributed by atoms with Gasteiger partial charge in [0.25, 0.3) is 0 Å². The normalized spacial score (nSPS) is 18.3. The van der Waals surface area contributed by atoms with Crippen LogP contribution in [-0.4, -0.2) is 28.7 Å². The van der Waals surface area contributed by atoms with Crippen molar-refractivity contribution in [2.24, 2.45) is 11.8 Å². The van der Waals surface area contributed by atoms with Gasteiger partial charge in [-0.3, -0.25) is 14.4 Å². The minimum absolute atomic E-state index is 0.0119. The monoisotopic (exact) mass is 700 g/mol. The number of hydrogen-bond acceptors (Lipinski definition) is 6. The van der Waals surface area contributed by atoms with E-state index in [9.17, 15) is 31.9 Å². The van der Waals surface area contributed by atoms with Crippen molar-refractivity contribution in [1.82, 2.24) is 10.3 Å². The lowest BCUT2D eigenvalue weighted by Crippen LogP contribution is -2.41. The number of benzene rings is 3. The molecule has 49 heavy (non-hydrogen) atoms. The highest BCUT2D eigenvalue weighted by atomic mass is 32.1. The van der Waals surface area contributed by atoms with Crippen LogP contribution in [0.3, 0.4) is 0 Å². The predicted molar refractivity (Wildman–Crippen MR) is 174 cm³/mol. The standard InChI is InChI=1S/C35H33F5N4O4S/c36-25-13-12-24(16-27(25)42-31(45)15-19-4-3-7-22(14-19)35(38,39)40)48-29-18-30-28(17-26(29)37)43-34(49-30)44-33(47)21-8-10-23(11-9-21)41-32(46)20-5-1-2-6-20/h3-4,7,12-14,16-18,20-21,23H,1-2,5-6,8-11,15H2,(H,41,46)(H,42,45)(H,43,44,47). The maximum atomic E-state index is 15.0. The van der Waals surface area contributed by atoms with E-state index in [2.05, 4.69) is 20.9 Å². The third kappa shape index (κ3) is 8.53. The molecule has 1 aromatic heterocycles. The number of hydrogen-bond donors (Lipinski definition) is 3. The number of halogens is 5. The lowest BCUT2D eigenvalue weighted by Gasteiger charge is -2.29. The summed E-state index contributed by atoms with van der Waals surface area (Å²) < 4.78 is 74.8. The van der Waals surface area contributed by atoms with E-state index in [1.165, 1.54) is 24.3 Å². The zero-order valence-corrected chi connectivity index (χ0v) is 27.0. The highest BCUT2D eigenvalue weighted by Gasteiger charge is 2.31. The number of carbonyl (C=O) groups is 3. The number of carbonyl (C=O) groups excluding carboxylic acids is 3. The van der Waals surface area contributed by atoms with Gasteiger partial charge in [-0.05, 0) is 62.3 Å². The average molecular weight is 701 g/mol. The molecule has 2 aliphatic carbocycles. The first kappa shape index (κ1) is 34.3. The van der Waals surface area contributed by atoms with E-state index < -0.39 is 35.7 Å². The third-order valence-electron chi connectivity index (χ3n) is 8.90. The summed E-state index contributed by atoms with van der Waals surface area (Å²) in [5.41, 5.74) is -0.829. The molecule has 0 saturated heterocycles. The molecule has 14 heteroatoms. The summed E-state index contributed by atoms with van der Waals surface area (Å²) in [4.78, 5) is 42.4. The fraction of sp³-hybridized carbons (Fsp3) is 0.371. The molecule has 1 heterocycles. The molecule has 0 bridgehead atoms. The van der Waals surface area contributed by atoms with Crippen LogP contribution >= 0.6 is 11.3 Å². The van der Waals surface area contributed by atoms with Crippen LogP contribution in [0, 0.1) is 23.5 Å². The summed E-state index contributed by atoms with van der Waals surface area (Å²) >= 11 is 1.13. The Balaban J connectivity index is 1.05. The molecule has 2 fully saturated rings. The Hall–Kier alpha value is -4.59. The van der Waals surface area contributed by atoms with Gasteiger partial charge in [0.15, 0.2) is 16.7 Å². The lowest BCUT2D eigenvalue weighted by atomic mass is 9.85. The van der Waals surface area contributed by atoms with Gasteiger partial charge in [-0.1, -0.05) is 42.4 Å². The van der Waals surface area contributed by atoms with Crippen molar-refractivity contribution in [3.05, 3.63) is 77.4 Å². The summed E-state index contributed by atoms with van der Waals surface area (Å²) in [5.74, 6) is -2.78. The first-order valence-corrected chi connectivity index (χ1v) is 16.9. The van der Waals surface area contributed by atoms with Gasteiger partial charge in [0.05, 0.1) is 27.9 Å². The third-order valence-corrected chi connectivity index (χ3v) is 9.83. The number of alkyl halides is 3. The Morgan fingerprint density at radius 1 is 0.837 bits per heavy atom. The number of thiazole rings is 1. The number of rotatable bonds is 9. The van der Waals surface area contributed by atoms with Crippen LogP contribution in [0.1, 0.15) is 62.5 Å². The highest BCUT2D eigenvalue weighted by Crippen LogP contribution is 2.36. The minimum atomic E-state index is -4.58. The van der Waals surface area contributed by atoms with E-state index in [0.717, 1.165) is 67.4 Å². The van der Waals surface area contributed by atoms with Crippen LogP contribution in [0.2, 0.25) is 0 Å². The molecule has 258 valence electrons. The van der Waals surface area contributed by atoms with Crippen molar-refractivity contribution >= 4 is 50.1 Å². The first-order valence-electron chi connectivity index (χ1n) is 16.1. The molecule has 6 rings (SSSR count). The molecule has 3 N–H and O–H groups in total. The van der Waals surface area contributed by atoms with Crippen LogP contribution in [0.25, 0.3) is 10.2 Å². The number of ether oxygens (including phenoxy) is 1. The van der Waals surface area contributed by atoms with E-state index in [-0.39, 0.29) is 52.4 Å². The van der Waals surface area contributed by atoms with E-state index in [1.54, 1.807) is 0 Å². The molecular formula is C35H33F5N4O4S. The topological polar surface area (TPSA) is 109 Å². The van der Waals surface area contributed by atoms with Crippen molar-refractivity contribution in [1.29, 1.82) is 0 Å². The van der Waals surface area contributed by atoms with Crippen LogP contribution in [0.4, 0.5) is 32.8 Å². The van der Waals surface area contributed by atoms with Crippen LogP contribution < -0.4 is 20.7 Å². The molecule has 0 unspecified atom stereocenters. The second-order valence-electron chi connectivity index (χ2n) is 12.5. The van der Waals surface area contributed by atoms with E-state index in [4.69, 9.17) is 4.74 Å². The lowest BCUT2D eigenvalue weighted by molar-refractivity contribution is -0.137. The van der Waals surface area contributed by atoms with Gasteiger partial charge in [0.1, 0.15) is 11.6 Å². The zero-order chi connectivity index (χ0) is 34.7. The first-order chi connectivity index (χ1) is 23.4. The summed E-state index contributed by atoms with van der Waals surface area (Å²) in [5, 5.41) is 8.59. The van der Waals surface area contributed by atoms with E-state index in [0.29, 0.717) is 41.0 Å². The largest absolute Gasteiger partial charge is 0.454 e. The molecular weight excluding hydrogens is 667 g/mol. The number of anilines is 2. The van der Waals surface area contributed by atoms with Crippen molar-refractivity contribution in [2.45, 2.75) is 70.0 Å². The Morgan fingerprint density at radius 2 is 1.57 bits per heavy atom. The molecule has 0 radical (unpaired) electrons. The van der Waals surface area contributed by atoms with Crippen LogP contribution in [0.15, 0.2) is 54.6 Å². The second-order valence-corrected chi connectivity index (χ2v) is 13.5. The molecule has 0 spiro atoms. The predicted octanol–water partition coefficient (Wildman–Crippen LogP) is 8.37. The smallest absolute Gasteiger partial charge is 0.416 e. The quantitative estimate of drug-likeness (QED) is 0.152. The zero-order valence-electron chi connectivity index (χ0n) is 26.2. The van der Waals surface area contributed by atoms with Crippen molar-refractivity contribution < 1.29 is 41.1 Å². The van der Waals surface area contributed by atoms with Crippen molar-refractivity contribution in [3.8, 4) is 11.5 Å². The van der Waals surface area contributed by atoms with Gasteiger partial charge in [-0.25, -0.2) is 13.8 Å². The number of nitrogens with one attached hydrogen (secondary N) is 3. The fourth-order valence-corrected chi connectivity index (χ4v) is 7.18. The van der Waals surface area contributed by atoms with Crippen molar-refractivity contribution in [3.63, 3.8) is 0 Å². The molecule has 4 aromatic rings. The molecule has 3 aromatic carbocycles. The number of aromatic nitrogens is 1. The summed E-state index contributed by atoms with van der Waals surface area (Å²) in [6.45, 7) is 0. The summed E-state index contributed by atoms with van der Waals surface area (Å²) in [7, 11) is 0. The molecule has 0 atom stereocenters. The van der Waals surface area contributed by atoms with Crippen LogP contribution in [-0.2, 0) is 27.0 Å². The fourth-order valence-electron chi connectivity index (χ4n) is 6.30. The van der Waals surface area contributed by atoms with Crippen LogP contribution in [0.5, 0.6) is 11.5 Å². The Kier molecular flexibility index (Phi) is 10.1. The highest BCUT2D eigenvalue weighted by molar-refractivity contribution is 7.22.